The van der Waals surface area contributed by atoms with E-state index in [-0.39, 0.29) is 36.0 Å². The number of methoxy groups -OCH3 is 1. The molecule has 14 heteroatoms. The van der Waals surface area contributed by atoms with Gasteiger partial charge in [-0.15, -0.1) is 0 Å². The molecule has 0 radical (unpaired) electrons. The second-order valence-electron chi connectivity index (χ2n) is 10.2. The lowest BCUT2D eigenvalue weighted by atomic mass is 10.2. The normalized spacial score (nSPS) is 19.1. The minimum Gasteiger partial charge on any atom is -0.490 e. The molecule has 2 heterocycles. The Kier molecular flexibility index (Phi) is 8.20. The monoisotopic (exact) mass is 603 g/mol. The second-order valence-corrected chi connectivity index (χ2v) is 12.7. The van der Waals surface area contributed by atoms with Crippen LogP contribution >= 0.6 is 11.6 Å². The zero-order valence-corrected chi connectivity index (χ0v) is 24.2. The topological polar surface area (TPSA) is 137 Å². The molecule has 2 atom stereocenters. The molecule has 5 rings (SSSR count). The highest BCUT2D eigenvalue weighted by atomic mass is 35.5. The van der Waals surface area contributed by atoms with Crippen molar-refractivity contribution in [2.45, 2.75) is 19.1 Å². The molecule has 12 nitrogen and oxygen atoms in total. The Bertz CT molecular complexity index is 1620. The number of halogens is 1. The largest absolute Gasteiger partial charge is 0.490 e. The summed E-state index contributed by atoms with van der Waals surface area (Å²) in [6.45, 7) is 3.56. The van der Waals surface area contributed by atoms with Gasteiger partial charge in [0.15, 0.2) is 5.75 Å². The molecule has 2 aliphatic rings. The number of hydrogen-bond donors (Lipinski definition) is 0. The molecule has 0 spiro atoms. The lowest BCUT2D eigenvalue weighted by Crippen LogP contribution is -2.49. The van der Waals surface area contributed by atoms with Crippen molar-refractivity contribution in [1.82, 2.24) is 14.1 Å². The molecule has 41 heavy (non-hydrogen) atoms. The van der Waals surface area contributed by atoms with Gasteiger partial charge in [-0.3, -0.25) is 14.9 Å². The highest BCUT2D eigenvalue weighted by molar-refractivity contribution is 7.88. The lowest BCUT2D eigenvalue weighted by Gasteiger charge is -2.35. The zero-order valence-electron chi connectivity index (χ0n) is 22.6. The summed E-state index contributed by atoms with van der Waals surface area (Å²) in [4.78, 5) is 26.0. The molecule has 218 valence electrons. The second kappa shape index (κ2) is 11.7. The van der Waals surface area contributed by atoms with Crippen molar-refractivity contribution in [2.24, 2.45) is 11.8 Å². The quantitative estimate of drug-likeness (QED) is 0.252. The van der Waals surface area contributed by atoms with Gasteiger partial charge >= 0.3 is 11.2 Å². The van der Waals surface area contributed by atoms with Crippen LogP contribution in [0.5, 0.6) is 11.5 Å². The van der Waals surface area contributed by atoms with Crippen LogP contribution in [-0.4, -0.2) is 67.3 Å². The SMILES string of the molecule is COc1cc(CS(=O)(=O)N2CCN(c3cnn(-c4cccc(Cl)c4)c(=O)c3OCC3CC3C)CC2)ccc1[N+](=O)[O-]. The van der Waals surface area contributed by atoms with Gasteiger partial charge < -0.3 is 14.4 Å². The highest BCUT2D eigenvalue weighted by Gasteiger charge is 2.35. The summed E-state index contributed by atoms with van der Waals surface area (Å²) in [6, 6.07) is 10.9. The molecule has 0 N–H and O–H groups in total. The molecule has 2 unspecified atom stereocenters. The van der Waals surface area contributed by atoms with Crippen molar-refractivity contribution in [1.29, 1.82) is 0 Å². The predicted molar refractivity (Wildman–Crippen MR) is 154 cm³/mol. The molecule has 1 aromatic heterocycles. The fourth-order valence-corrected chi connectivity index (χ4v) is 6.56. The number of nitro benzene ring substituents is 1. The Labute approximate surface area is 242 Å². The van der Waals surface area contributed by atoms with E-state index < -0.39 is 20.5 Å². The molecule has 1 saturated heterocycles. The average Bonchev–Trinajstić information content (AvgIpc) is 3.66. The summed E-state index contributed by atoms with van der Waals surface area (Å²) in [5, 5.41) is 16.0. The molecule has 1 saturated carbocycles. The van der Waals surface area contributed by atoms with Crippen molar-refractivity contribution in [3.8, 4) is 17.2 Å². The molecule has 0 amide bonds. The molecule has 1 aliphatic heterocycles. The fourth-order valence-electron chi connectivity index (χ4n) is 4.88. The number of nitro groups is 1. The number of anilines is 1. The maximum absolute atomic E-state index is 13.6. The van der Waals surface area contributed by atoms with Crippen molar-refractivity contribution < 1.29 is 22.8 Å². The summed E-state index contributed by atoms with van der Waals surface area (Å²) in [6.07, 6.45) is 2.61. The standard InChI is InChI=1S/C27H30ClN5O7S/c1-18-12-20(18)16-40-26-24(15-29-32(27(26)34)22-5-3-4-21(28)14-22)30-8-10-31(11-9-30)41(37,38)17-19-6-7-23(33(35)36)25(13-19)39-2/h3-7,13-15,18,20H,8-12,16-17H2,1-2H3. The van der Waals surface area contributed by atoms with Crippen LogP contribution < -0.4 is 19.9 Å². The van der Waals surface area contributed by atoms with Gasteiger partial charge in [0.05, 0.1) is 36.3 Å². The zero-order chi connectivity index (χ0) is 29.3. The smallest absolute Gasteiger partial charge is 0.316 e. The first kappa shape index (κ1) is 28.8. The minimum absolute atomic E-state index is 0.000600. The van der Waals surface area contributed by atoms with Crippen molar-refractivity contribution in [2.75, 3.05) is 44.8 Å². The number of nitrogens with zero attached hydrogens (tertiary/aromatic N) is 5. The lowest BCUT2D eigenvalue weighted by molar-refractivity contribution is -0.385. The van der Waals surface area contributed by atoms with Crippen LogP contribution in [0.15, 0.2) is 53.5 Å². The van der Waals surface area contributed by atoms with Gasteiger partial charge in [0.1, 0.15) is 5.69 Å². The van der Waals surface area contributed by atoms with Gasteiger partial charge in [-0.1, -0.05) is 30.7 Å². The average molecular weight is 604 g/mol. The fraction of sp³-hybridized carbons (Fsp3) is 0.407. The van der Waals surface area contributed by atoms with E-state index >= 15 is 0 Å². The Morgan fingerprint density at radius 3 is 2.51 bits per heavy atom. The maximum atomic E-state index is 13.6. The van der Waals surface area contributed by atoms with Crippen LogP contribution in [-0.2, 0) is 15.8 Å². The van der Waals surface area contributed by atoms with E-state index in [4.69, 9.17) is 21.1 Å². The summed E-state index contributed by atoms with van der Waals surface area (Å²) in [5.41, 5.74) is 0.757. The summed E-state index contributed by atoms with van der Waals surface area (Å²) >= 11 is 6.13. The first-order chi connectivity index (χ1) is 19.6. The van der Waals surface area contributed by atoms with Crippen LogP contribution in [0.25, 0.3) is 5.69 Å². The Morgan fingerprint density at radius 2 is 1.88 bits per heavy atom. The summed E-state index contributed by atoms with van der Waals surface area (Å²) in [5.74, 6) is 0.774. The molecule has 2 aromatic carbocycles. The Balaban J connectivity index is 1.34. The number of benzene rings is 2. The maximum Gasteiger partial charge on any atom is 0.316 e. The highest BCUT2D eigenvalue weighted by Crippen LogP contribution is 2.38. The number of aromatic nitrogens is 2. The summed E-state index contributed by atoms with van der Waals surface area (Å²) in [7, 11) is -2.43. The molecular formula is C27H30ClN5O7S. The van der Waals surface area contributed by atoms with Gasteiger partial charge in [0.2, 0.25) is 15.8 Å². The Morgan fingerprint density at radius 1 is 1.15 bits per heavy atom. The first-order valence-corrected chi connectivity index (χ1v) is 15.1. The molecule has 1 aliphatic carbocycles. The third-order valence-electron chi connectivity index (χ3n) is 7.45. The van der Waals surface area contributed by atoms with Crippen LogP contribution in [0.2, 0.25) is 5.02 Å². The van der Waals surface area contributed by atoms with Crippen LogP contribution in [0.1, 0.15) is 18.9 Å². The van der Waals surface area contributed by atoms with Gasteiger partial charge in [0, 0.05) is 37.3 Å². The third kappa shape index (κ3) is 6.31. The number of ether oxygens (including phenoxy) is 2. The van der Waals surface area contributed by atoms with Crippen molar-refractivity contribution >= 4 is 33.0 Å². The molecule has 2 fully saturated rings. The van der Waals surface area contributed by atoms with Crippen LogP contribution in [0.3, 0.4) is 0 Å². The number of rotatable bonds is 10. The van der Waals surface area contributed by atoms with E-state index in [2.05, 4.69) is 12.0 Å². The van der Waals surface area contributed by atoms with E-state index in [0.717, 1.165) is 6.42 Å². The number of hydrogen-bond acceptors (Lipinski definition) is 9. The Hall–Kier alpha value is -3.68. The molecule has 3 aromatic rings. The van der Waals surface area contributed by atoms with E-state index in [1.165, 1.54) is 34.3 Å². The van der Waals surface area contributed by atoms with Gasteiger partial charge in [-0.25, -0.2) is 8.42 Å². The van der Waals surface area contributed by atoms with Gasteiger partial charge in [0.25, 0.3) is 0 Å². The summed E-state index contributed by atoms with van der Waals surface area (Å²) < 4.78 is 40.2. The number of piperazine rings is 1. The van der Waals surface area contributed by atoms with E-state index in [1.54, 1.807) is 30.5 Å². The first-order valence-electron chi connectivity index (χ1n) is 13.1. The molecule has 0 bridgehead atoms. The van der Waals surface area contributed by atoms with Crippen LogP contribution in [0.4, 0.5) is 11.4 Å². The molecular weight excluding hydrogens is 574 g/mol. The van der Waals surface area contributed by atoms with E-state index in [9.17, 15) is 23.3 Å². The van der Waals surface area contributed by atoms with E-state index in [0.29, 0.717) is 53.5 Å². The van der Waals surface area contributed by atoms with Crippen molar-refractivity contribution in [3.63, 3.8) is 0 Å². The van der Waals surface area contributed by atoms with Crippen LogP contribution in [0, 0.1) is 22.0 Å². The third-order valence-corrected chi connectivity index (χ3v) is 9.53. The van der Waals surface area contributed by atoms with Crippen molar-refractivity contribution in [3.05, 3.63) is 79.7 Å². The number of sulfonamides is 1. The van der Waals surface area contributed by atoms with E-state index in [1.807, 2.05) is 4.90 Å². The predicted octanol–water partition coefficient (Wildman–Crippen LogP) is 3.49. The van der Waals surface area contributed by atoms with Gasteiger partial charge in [-0.05, 0) is 48.1 Å². The van der Waals surface area contributed by atoms with Gasteiger partial charge in [-0.2, -0.15) is 14.1 Å². The minimum atomic E-state index is -3.73.